The average molecular weight is 566 g/mol. The molecule has 4 atom stereocenters. The summed E-state index contributed by atoms with van der Waals surface area (Å²) < 4.78 is 0. The summed E-state index contributed by atoms with van der Waals surface area (Å²) in [7, 11) is 0. The van der Waals surface area contributed by atoms with Crippen molar-refractivity contribution >= 4 is 29.2 Å². The van der Waals surface area contributed by atoms with E-state index in [2.05, 4.69) is 16.0 Å². The number of aliphatic hydroxyl groups is 1. The first-order chi connectivity index (χ1) is 18.9. The summed E-state index contributed by atoms with van der Waals surface area (Å²) in [6, 6.07) is 18.9. The molecule has 2 aromatic carbocycles. The fourth-order valence-electron chi connectivity index (χ4n) is 4.62. The van der Waals surface area contributed by atoms with Gasteiger partial charge in [0.1, 0.15) is 6.04 Å². The lowest BCUT2D eigenvalue weighted by atomic mass is 9.85. The lowest BCUT2D eigenvalue weighted by molar-refractivity contribution is -0.127. The van der Waals surface area contributed by atoms with Crippen LogP contribution in [0, 0.1) is 12.3 Å². The highest BCUT2D eigenvalue weighted by molar-refractivity contribution is 7.12. The number of hydrogen-bond acceptors (Lipinski definition) is 5. The zero-order chi connectivity index (χ0) is 29.3. The standard InChI is InChI=1S/C31H39N3O5S/c1-20-15-16-40-26(20)28(36)32-23(17-21-11-7-5-8-12-21)19-25(35)24(18-22-13-9-6-10-14-22)33-29(37)27(31(2,3)4)34-30(38)39/h5-16,23-25,27,34-35H,17-19H2,1-4H3,(H,32,36)(H,33,37)(H,38,39)/t23-,24-,25-,27+/m0/s1. The molecule has 0 unspecified atom stereocenters. The third-order valence-corrected chi connectivity index (χ3v) is 7.76. The van der Waals surface area contributed by atoms with Crippen LogP contribution in [0.1, 0.15) is 53.6 Å². The van der Waals surface area contributed by atoms with Gasteiger partial charge in [0.25, 0.3) is 5.91 Å². The van der Waals surface area contributed by atoms with Crippen LogP contribution in [0.25, 0.3) is 0 Å². The molecule has 0 spiro atoms. The first kappa shape index (κ1) is 30.8. The Kier molecular flexibility index (Phi) is 10.9. The monoisotopic (exact) mass is 565 g/mol. The van der Waals surface area contributed by atoms with Crippen LogP contribution in [0.4, 0.5) is 4.79 Å². The van der Waals surface area contributed by atoms with Crippen molar-refractivity contribution in [3.63, 3.8) is 0 Å². The maximum absolute atomic E-state index is 13.4. The maximum Gasteiger partial charge on any atom is 0.405 e. The second kappa shape index (κ2) is 14.1. The van der Waals surface area contributed by atoms with Crippen LogP contribution in [0.3, 0.4) is 0 Å². The highest BCUT2D eigenvalue weighted by atomic mass is 32.1. The summed E-state index contributed by atoms with van der Waals surface area (Å²) >= 11 is 1.37. The average Bonchev–Trinajstić information content (AvgIpc) is 3.33. The summed E-state index contributed by atoms with van der Waals surface area (Å²) in [5, 5.41) is 31.1. The van der Waals surface area contributed by atoms with Gasteiger partial charge in [0.05, 0.1) is 17.0 Å². The largest absolute Gasteiger partial charge is 0.465 e. The van der Waals surface area contributed by atoms with Crippen LogP contribution in [-0.2, 0) is 17.6 Å². The highest BCUT2D eigenvalue weighted by Crippen LogP contribution is 2.21. The van der Waals surface area contributed by atoms with Crippen molar-refractivity contribution in [2.45, 2.75) is 71.2 Å². The van der Waals surface area contributed by atoms with Gasteiger partial charge in [0.15, 0.2) is 0 Å². The van der Waals surface area contributed by atoms with E-state index < -0.39 is 41.6 Å². The minimum absolute atomic E-state index is 0.176. The zero-order valence-electron chi connectivity index (χ0n) is 23.4. The summed E-state index contributed by atoms with van der Waals surface area (Å²) in [6.45, 7) is 7.20. The third-order valence-electron chi connectivity index (χ3n) is 6.74. The molecule has 0 saturated heterocycles. The number of hydrogen-bond donors (Lipinski definition) is 5. The van der Waals surface area contributed by atoms with E-state index in [-0.39, 0.29) is 12.3 Å². The number of carbonyl (C=O) groups is 3. The number of carboxylic acid groups (broad SMARTS) is 1. The molecule has 0 fully saturated rings. The van der Waals surface area contributed by atoms with Gasteiger partial charge in [-0.1, -0.05) is 81.4 Å². The maximum atomic E-state index is 13.4. The quantitative estimate of drug-likeness (QED) is 0.220. The molecule has 214 valence electrons. The van der Waals surface area contributed by atoms with Gasteiger partial charge in [-0.25, -0.2) is 4.79 Å². The molecule has 0 bridgehead atoms. The van der Waals surface area contributed by atoms with E-state index in [0.29, 0.717) is 17.7 Å². The second-order valence-corrected chi connectivity index (χ2v) is 12.1. The number of rotatable bonds is 12. The van der Waals surface area contributed by atoms with Crippen LogP contribution in [0.5, 0.6) is 0 Å². The number of benzene rings is 2. The van der Waals surface area contributed by atoms with E-state index in [4.69, 9.17) is 0 Å². The highest BCUT2D eigenvalue weighted by Gasteiger charge is 2.35. The number of amides is 3. The number of carbonyl (C=O) groups excluding carboxylic acids is 2. The molecule has 0 radical (unpaired) electrons. The topological polar surface area (TPSA) is 128 Å². The number of aliphatic hydroxyl groups excluding tert-OH is 1. The lowest BCUT2D eigenvalue weighted by Crippen LogP contribution is -2.58. The van der Waals surface area contributed by atoms with Crippen LogP contribution in [0.2, 0.25) is 0 Å². The van der Waals surface area contributed by atoms with Gasteiger partial charge in [-0.3, -0.25) is 9.59 Å². The van der Waals surface area contributed by atoms with E-state index >= 15 is 0 Å². The lowest BCUT2D eigenvalue weighted by Gasteiger charge is -2.33. The van der Waals surface area contributed by atoms with Crippen LogP contribution in [0.15, 0.2) is 72.1 Å². The summed E-state index contributed by atoms with van der Waals surface area (Å²) in [4.78, 5) is 38.5. The van der Waals surface area contributed by atoms with E-state index in [0.717, 1.165) is 16.7 Å². The molecule has 0 aliphatic carbocycles. The molecule has 0 aliphatic rings. The van der Waals surface area contributed by atoms with E-state index in [9.17, 15) is 24.6 Å². The van der Waals surface area contributed by atoms with Crippen molar-refractivity contribution in [2.75, 3.05) is 0 Å². The number of nitrogens with one attached hydrogen (secondary N) is 3. The molecule has 9 heteroatoms. The number of aryl methyl sites for hydroxylation is 1. The Bertz CT molecular complexity index is 1260. The van der Waals surface area contributed by atoms with Crippen molar-refractivity contribution in [1.82, 2.24) is 16.0 Å². The molecule has 0 saturated carbocycles. The first-order valence-electron chi connectivity index (χ1n) is 13.3. The van der Waals surface area contributed by atoms with Gasteiger partial charge in [0, 0.05) is 6.04 Å². The Morgan fingerprint density at radius 1 is 0.850 bits per heavy atom. The van der Waals surface area contributed by atoms with Crippen LogP contribution in [-0.4, -0.2) is 52.4 Å². The number of thiophene rings is 1. The molecule has 40 heavy (non-hydrogen) atoms. The summed E-state index contributed by atoms with van der Waals surface area (Å²) in [6.07, 6.45) is -1.34. The normalized spacial score (nSPS) is 14.4. The van der Waals surface area contributed by atoms with Gasteiger partial charge < -0.3 is 26.2 Å². The van der Waals surface area contributed by atoms with Crippen molar-refractivity contribution in [3.05, 3.63) is 93.7 Å². The van der Waals surface area contributed by atoms with Gasteiger partial charge in [0.2, 0.25) is 5.91 Å². The fourth-order valence-corrected chi connectivity index (χ4v) is 5.45. The van der Waals surface area contributed by atoms with Gasteiger partial charge in [-0.05, 0) is 59.7 Å². The smallest absolute Gasteiger partial charge is 0.405 e. The molecule has 3 amide bonds. The molecule has 3 rings (SSSR count). The Morgan fingerprint density at radius 2 is 1.43 bits per heavy atom. The van der Waals surface area contributed by atoms with E-state index in [1.165, 1.54) is 11.3 Å². The van der Waals surface area contributed by atoms with E-state index in [1.54, 1.807) is 20.8 Å². The SMILES string of the molecule is Cc1ccsc1C(=O)N[C@@H](Cc1ccccc1)C[C@H](O)[C@H](Cc1ccccc1)NC(=O)[C@@H](NC(=O)O)C(C)(C)C. The molecule has 3 aromatic rings. The van der Waals surface area contributed by atoms with E-state index in [1.807, 2.05) is 79.0 Å². The van der Waals surface area contributed by atoms with Gasteiger partial charge in [-0.2, -0.15) is 0 Å². The minimum atomic E-state index is -1.30. The zero-order valence-corrected chi connectivity index (χ0v) is 24.2. The molecule has 0 aliphatic heterocycles. The molecular formula is C31H39N3O5S. The van der Waals surface area contributed by atoms with Crippen molar-refractivity contribution in [3.8, 4) is 0 Å². The Labute approximate surface area is 239 Å². The van der Waals surface area contributed by atoms with Gasteiger partial charge in [-0.15, -0.1) is 11.3 Å². The first-order valence-corrected chi connectivity index (χ1v) is 14.2. The molecule has 8 nitrogen and oxygen atoms in total. The summed E-state index contributed by atoms with van der Waals surface area (Å²) in [5.41, 5.74) is 2.09. The van der Waals surface area contributed by atoms with Crippen molar-refractivity contribution in [2.24, 2.45) is 5.41 Å². The van der Waals surface area contributed by atoms with Crippen LogP contribution >= 0.6 is 11.3 Å². The summed E-state index contributed by atoms with van der Waals surface area (Å²) in [5.74, 6) is -0.726. The Balaban J connectivity index is 1.86. The molecule has 1 aromatic heterocycles. The minimum Gasteiger partial charge on any atom is -0.465 e. The van der Waals surface area contributed by atoms with Crippen molar-refractivity contribution in [1.29, 1.82) is 0 Å². The second-order valence-electron chi connectivity index (χ2n) is 11.1. The fraction of sp³-hybridized carbons (Fsp3) is 0.387. The predicted octanol–water partition coefficient (Wildman–Crippen LogP) is 4.56. The molecular weight excluding hydrogens is 526 g/mol. The van der Waals surface area contributed by atoms with Crippen LogP contribution < -0.4 is 16.0 Å². The van der Waals surface area contributed by atoms with Crippen molar-refractivity contribution < 1.29 is 24.6 Å². The Hall–Kier alpha value is -3.69. The molecule has 5 N–H and O–H groups in total. The Morgan fingerprint density at radius 3 is 1.93 bits per heavy atom. The van der Waals surface area contributed by atoms with Gasteiger partial charge >= 0.3 is 6.09 Å². The predicted molar refractivity (Wildman–Crippen MR) is 158 cm³/mol. The molecule has 1 heterocycles. The third kappa shape index (κ3) is 9.20.